The van der Waals surface area contributed by atoms with E-state index in [0.29, 0.717) is 5.56 Å². The minimum atomic E-state index is -1.05. The van der Waals surface area contributed by atoms with Gasteiger partial charge in [0.2, 0.25) is 0 Å². The molecule has 2 amide bonds. The van der Waals surface area contributed by atoms with Gasteiger partial charge in [-0.15, -0.1) is 0 Å². The number of hydrogen-bond acceptors (Lipinski definition) is 4. The second kappa shape index (κ2) is 6.76. The maximum Gasteiger partial charge on any atom is 0.314 e. The fourth-order valence-corrected chi connectivity index (χ4v) is 2.32. The number of amides is 2. The molecule has 0 spiro atoms. The van der Waals surface area contributed by atoms with Gasteiger partial charge in [-0.1, -0.05) is 35.3 Å². The summed E-state index contributed by atoms with van der Waals surface area (Å²) in [7, 11) is 0. The second-order valence-electron chi connectivity index (χ2n) is 4.66. The molecule has 2 aromatic rings. The second-order valence-corrected chi connectivity index (χ2v) is 5.50. The Kier molecular flexibility index (Phi) is 4.98. The van der Waals surface area contributed by atoms with Crippen molar-refractivity contribution < 1.29 is 19.8 Å². The summed E-state index contributed by atoms with van der Waals surface area (Å²) in [4.78, 5) is 23.8. The van der Waals surface area contributed by atoms with Crippen molar-refractivity contribution in [3.63, 3.8) is 0 Å². The van der Waals surface area contributed by atoms with Crippen LogP contribution in [-0.2, 0) is 9.59 Å². The Labute approximate surface area is 141 Å². The smallest absolute Gasteiger partial charge is 0.314 e. The number of phenolic OH excluding ortho intramolecular Hbond substituents is 2. The van der Waals surface area contributed by atoms with Crippen LogP contribution in [0.15, 0.2) is 30.3 Å². The maximum absolute atomic E-state index is 11.9. The molecule has 0 saturated carbocycles. The van der Waals surface area contributed by atoms with E-state index in [0.717, 1.165) is 0 Å². The summed E-state index contributed by atoms with van der Waals surface area (Å²) in [5, 5.41) is 24.1. The van der Waals surface area contributed by atoms with Crippen molar-refractivity contribution in [2.45, 2.75) is 6.92 Å². The Bertz CT molecular complexity index is 773. The zero-order valence-corrected chi connectivity index (χ0v) is 13.4. The number of benzene rings is 2. The van der Waals surface area contributed by atoms with Crippen molar-refractivity contribution in [3.05, 3.63) is 45.9 Å². The molecular weight excluding hydrogens is 343 g/mol. The number of carbonyl (C=O) groups excluding carboxylic acids is 2. The molecule has 0 aliphatic rings. The van der Waals surface area contributed by atoms with Gasteiger partial charge in [-0.2, -0.15) is 0 Å². The lowest BCUT2D eigenvalue weighted by atomic mass is 10.2. The van der Waals surface area contributed by atoms with Crippen LogP contribution in [0.1, 0.15) is 5.56 Å². The number of rotatable bonds is 2. The third-order valence-electron chi connectivity index (χ3n) is 2.97. The van der Waals surface area contributed by atoms with Crippen LogP contribution >= 0.6 is 23.2 Å². The quantitative estimate of drug-likeness (QED) is 0.491. The molecule has 4 N–H and O–H groups in total. The Morgan fingerprint density at radius 1 is 1.04 bits per heavy atom. The largest absolute Gasteiger partial charge is 0.506 e. The van der Waals surface area contributed by atoms with Crippen molar-refractivity contribution in [2.24, 2.45) is 0 Å². The summed E-state index contributed by atoms with van der Waals surface area (Å²) in [5.41, 5.74) is 0.609. The third kappa shape index (κ3) is 3.85. The van der Waals surface area contributed by atoms with Crippen LogP contribution in [0.3, 0.4) is 0 Å². The molecule has 2 rings (SSSR count). The summed E-state index contributed by atoms with van der Waals surface area (Å²) in [5.74, 6) is -2.65. The minimum Gasteiger partial charge on any atom is -0.506 e. The van der Waals surface area contributed by atoms with Gasteiger partial charge in [0.15, 0.2) is 5.75 Å². The molecule has 0 unspecified atom stereocenters. The number of phenols is 2. The lowest BCUT2D eigenvalue weighted by molar-refractivity contribution is -0.133. The number of nitrogens with one attached hydrogen (secondary N) is 2. The molecule has 8 heteroatoms. The van der Waals surface area contributed by atoms with E-state index in [-0.39, 0.29) is 27.2 Å². The standard InChI is InChI=1S/C15H12Cl2N2O4/c1-7-3-2-4-11(20)12(7)19-15(23)14(22)18-10-6-8(16)5-9(17)13(10)21/h2-6,20-21H,1H3,(H,18,22)(H,19,23). The molecule has 0 aliphatic carbocycles. The molecule has 6 nitrogen and oxygen atoms in total. The molecule has 0 bridgehead atoms. The van der Waals surface area contributed by atoms with Crippen molar-refractivity contribution in [1.82, 2.24) is 0 Å². The first-order valence-corrected chi connectivity index (χ1v) is 7.14. The normalized spacial score (nSPS) is 10.2. The lowest BCUT2D eigenvalue weighted by Crippen LogP contribution is -2.29. The first-order chi connectivity index (χ1) is 10.8. The van der Waals surface area contributed by atoms with Crippen molar-refractivity contribution in [3.8, 4) is 11.5 Å². The number of aryl methyl sites for hydroxylation is 1. The Balaban J connectivity index is 2.17. The van der Waals surface area contributed by atoms with Gasteiger partial charge in [-0.05, 0) is 30.7 Å². The molecule has 0 saturated heterocycles. The number of anilines is 2. The molecule has 0 atom stereocenters. The number of aromatic hydroxyl groups is 2. The molecule has 0 aliphatic heterocycles. The molecule has 0 heterocycles. The van der Waals surface area contributed by atoms with Gasteiger partial charge in [0, 0.05) is 5.02 Å². The fraction of sp³-hybridized carbons (Fsp3) is 0.0667. The number of para-hydroxylation sites is 1. The summed E-state index contributed by atoms with van der Waals surface area (Å²) in [6, 6.07) is 7.18. The number of carbonyl (C=O) groups is 2. The van der Waals surface area contributed by atoms with E-state index in [1.54, 1.807) is 19.1 Å². The highest BCUT2D eigenvalue weighted by molar-refractivity contribution is 6.44. The fourth-order valence-electron chi connectivity index (χ4n) is 1.83. The average molecular weight is 355 g/mol. The highest BCUT2D eigenvalue weighted by atomic mass is 35.5. The van der Waals surface area contributed by atoms with Gasteiger partial charge >= 0.3 is 11.8 Å². The van der Waals surface area contributed by atoms with E-state index >= 15 is 0 Å². The number of halogens is 2. The third-order valence-corrected chi connectivity index (χ3v) is 3.48. The van der Waals surface area contributed by atoms with Crippen molar-refractivity contribution in [2.75, 3.05) is 10.6 Å². The van der Waals surface area contributed by atoms with E-state index in [1.165, 1.54) is 18.2 Å². The number of hydrogen-bond donors (Lipinski definition) is 4. The zero-order chi connectivity index (χ0) is 17.1. The first-order valence-electron chi connectivity index (χ1n) is 6.38. The Morgan fingerprint density at radius 3 is 2.35 bits per heavy atom. The van der Waals surface area contributed by atoms with Gasteiger partial charge in [0.05, 0.1) is 16.4 Å². The van der Waals surface area contributed by atoms with Gasteiger partial charge < -0.3 is 20.8 Å². The maximum atomic E-state index is 11.9. The molecule has 120 valence electrons. The first kappa shape index (κ1) is 16.9. The summed E-state index contributed by atoms with van der Waals surface area (Å²) < 4.78 is 0. The van der Waals surface area contributed by atoms with Crippen LogP contribution in [-0.4, -0.2) is 22.0 Å². The SMILES string of the molecule is Cc1cccc(O)c1NC(=O)C(=O)Nc1cc(Cl)cc(Cl)c1O. The van der Waals surface area contributed by atoms with Crippen LogP contribution in [0, 0.1) is 6.92 Å². The van der Waals surface area contributed by atoms with Gasteiger partial charge in [-0.25, -0.2) is 0 Å². The molecule has 0 aromatic heterocycles. The highest BCUT2D eigenvalue weighted by Crippen LogP contribution is 2.35. The molecule has 0 fully saturated rings. The molecule has 0 radical (unpaired) electrons. The Morgan fingerprint density at radius 2 is 1.70 bits per heavy atom. The summed E-state index contributed by atoms with van der Waals surface area (Å²) >= 11 is 11.5. The van der Waals surface area contributed by atoms with Gasteiger partial charge in [0.1, 0.15) is 5.75 Å². The van der Waals surface area contributed by atoms with E-state index in [1.807, 2.05) is 0 Å². The lowest BCUT2D eigenvalue weighted by Gasteiger charge is -2.11. The monoisotopic (exact) mass is 354 g/mol. The average Bonchev–Trinajstić information content (AvgIpc) is 2.47. The highest BCUT2D eigenvalue weighted by Gasteiger charge is 2.19. The minimum absolute atomic E-state index is 0.0650. The predicted molar refractivity (Wildman–Crippen MR) is 88.2 cm³/mol. The van der Waals surface area contributed by atoms with E-state index < -0.39 is 17.6 Å². The zero-order valence-electron chi connectivity index (χ0n) is 11.9. The molecular formula is C15H12Cl2N2O4. The van der Waals surface area contributed by atoms with Crippen molar-refractivity contribution in [1.29, 1.82) is 0 Å². The van der Waals surface area contributed by atoms with Gasteiger partial charge in [-0.3, -0.25) is 9.59 Å². The van der Waals surface area contributed by atoms with Crippen LogP contribution in [0.25, 0.3) is 0 Å². The van der Waals surface area contributed by atoms with E-state index in [4.69, 9.17) is 23.2 Å². The topological polar surface area (TPSA) is 98.7 Å². The predicted octanol–water partition coefficient (Wildman–Crippen LogP) is 3.29. The Hall–Kier alpha value is -2.44. The van der Waals surface area contributed by atoms with Gasteiger partial charge in [0.25, 0.3) is 0 Å². The van der Waals surface area contributed by atoms with E-state index in [9.17, 15) is 19.8 Å². The van der Waals surface area contributed by atoms with Crippen LogP contribution in [0.2, 0.25) is 10.0 Å². The molecule has 23 heavy (non-hydrogen) atoms. The van der Waals surface area contributed by atoms with Crippen LogP contribution < -0.4 is 10.6 Å². The summed E-state index contributed by atoms with van der Waals surface area (Å²) in [6.45, 7) is 1.66. The summed E-state index contributed by atoms with van der Waals surface area (Å²) in [6.07, 6.45) is 0. The van der Waals surface area contributed by atoms with Crippen LogP contribution in [0.4, 0.5) is 11.4 Å². The molecule has 2 aromatic carbocycles. The van der Waals surface area contributed by atoms with Crippen molar-refractivity contribution >= 4 is 46.4 Å². The van der Waals surface area contributed by atoms with Crippen LogP contribution in [0.5, 0.6) is 11.5 Å². The van der Waals surface area contributed by atoms with E-state index in [2.05, 4.69) is 10.6 Å².